The predicted octanol–water partition coefficient (Wildman–Crippen LogP) is 3.11. The third kappa shape index (κ3) is 4.86. The van der Waals surface area contributed by atoms with Crippen molar-refractivity contribution in [3.63, 3.8) is 0 Å². The van der Waals surface area contributed by atoms with Crippen LogP contribution in [0, 0.1) is 0 Å². The van der Waals surface area contributed by atoms with Gasteiger partial charge in [-0.3, -0.25) is 0 Å². The van der Waals surface area contributed by atoms with Gasteiger partial charge in [-0.2, -0.15) is 10.1 Å². The molecule has 4 rings (SSSR count). The number of nitrogens with zero attached hydrogens (tertiary/aromatic N) is 5. The number of benzene rings is 1. The van der Waals surface area contributed by atoms with E-state index in [1.807, 2.05) is 0 Å². The van der Waals surface area contributed by atoms with Crippen molar-refractivity contribution in [2.45, 2.75) is 38.1 Å². The lowest BCUT2D eigenvalue weighted by atomic mass is 9.96. The highest BCUT2D eigenvalue weighted by atomic mass is 15.3. The van der Waals surface area contributed by atoms with Crippen LogP contribution in [-0.4, -0.2) is 59.3 Å². The first-order valence-electron chi connectivity index (χ1n) is 10.0. The van der Waals surface area contributed by atoms with Crippen LogP contribution in [0.15, 0.2) is 30.5 Å². The number of hydrogen-bond acceptors (Lipinski definition) is 7. The Balaban J connectivity index is 1.36. The summed E-state index contributed by atoms with van der Waals surface area (Å²) in [5.74, 6) is 1.33. The summed E-state index contributed by atoms with van der Waals surface area (Å²) in [6.07, 6.45) is 7.94. The maximum Gasteiger partial charge on any atom is 0.244 e. The molecule has 27 heavy (non-hydrogen) atoms. The fraction of sp³-hybridized carbons (Fsp3) is 0.550. The molecule has 0 amide bonds. The molecule has 0 unspecified atom stereocenters. The average Bonchev–Trinajstić information content (AvgIpc) is 2.70. The summed E-state index contributed by atoms with van der Waals surface area (Å²) in [5.41, 5.74) is 2.28. The third-order valence-electron chi connectivity index (χ3n) is 5.51. The first kappa shape index (κ1) is 18.0. The Kier molecular flexibility index (Phi) is 5.67. The van der Waals surface area contributed by atoms with Gasteiger partial charge in [0.1, 0.15) is 0 Å². The van der Waals surface area contributed by atoms with Crippen molar-refractivity contribution in [1.29, 1.82) is 0 Å². The molecule has 144 valence electrons. The summed E-state index contributed by atoms with van der Waals surface area (Å²) in [4.78, 5) is 9.37. The van der Waals surface area contributed by atoms with Crippen molar-refractivity contribution in [2.24, 2.45) is 0 Å². The van der Waals surface area contributed by atoms with Crippen molar-refractivity contribution < 1.29 is 0 Å². The van der Waals surface area contributed by atoms with E-state index in [9.17, 15) is 0 Å². The molecule has 2 fully saturated rings. The van der Waals surface area contributed by atoms with E-state index < -0.39 is 0 Å². The van der Waals surface area contributed by atoms with Crippen molar-refractivity contribution >= 4 is 23.1 Å². The van der Waals surface area contributed by atoms with Crippen LogP contribution in [0.3, 0.4) is 0 Å². The van der Waals surface area contributed by atoms with Gasteiger partial charge in [0.2, 0.25) is 5.95 Å². The van der Waals surface area contributed by atoms with Gasteiger partial charge in [0.05, 0.1) is 6.20 Å². The lowest BCUT2D eigenvalue weighted by molar-refractivity contribution is 0.313. The van der Waals surface area contributed by atoms with E-state index in [1.165, 1.54) is 37.8 Å². The highest BCUT2D eigenvalue weighted by Crippen LogP contribution is 2.23. The molecule has 1 saturated heterocycles. The molecule has 7 nitrogen and oxygen atoms in total. The Hall–Kier alpha value is -2.41. The van der Waals surface area contributed by atoms with E-state index in [0.29, 0.717) is 12.0 Å². The number of hydrogen-bond donors (Lipinski definition) is 2. The number of nitrogens with one attached hydrogen (secondary N) is 2. The standard InChI is InChI=1S/C20H29N7/c1-26-11-13-27(14-12-26)18-9-7-17(8-10-18)22-19-15-21-25-20(24-19)23-16-5-3-2-4-6-16/h7-10,15-16H,2-6,11-14H2,1H3,(H2,22,23,24,25). The summed E-state index contributed by atoms with van der Waals surface area (Å²) in [6, 6.07) is 9.01. The molecule has 1 saturated carbocycles. The van der Waals surface area contributed by atoms with Gasteiger partial charge in [-0.1, -0.05) is 19.3 Å². The Labute approximate surface area is 161 Å². The number of piperazine rings is 1. The van der Waals surface area contributed by atoms with Gasteiger partial charge in [-0.05, 0) is 44.2 Å². The normalized spacial score (nSPS) is 19.1. The molecule has 2 heterocycles. The van der Waals surface area contributed by atoms with Crippen LogP contribution in [0.1, 0.15) is 32.1 Å². The Morgan fingerprint density at radius 2 is 1.70 bits per heavy atom. The van der Waals surface area contributed by atoms with E-state index in [2.05, 4.69) is 66.9 Å². The molecule has 0 radical (unpaired) electrons. The van der Waals surface area contributed by atoms with Gasteiger partial charge in [-0.25, -0.2) is 0 Å². The zero-order chi connectivity index (χ0) is 18.5. The molecule has 1 aliphatic heterocycles. The molecule has 1 aromatic carbocycles. The van der Waals surface area contributed by atoms with Crippen molar-refractivity contribution in [3.05, 3.63) is 30.5 Å². The number of anilines is 4. The molecule has 0 spiro atoms. The number of aromatic nitrogens is 3. The van der Waals surface area contributed by atoms with Gasteiger partial charge < -0.3 is 20.4 Å². The van der Waals surface area contributed by atoms with Crippen LogP contribution in [-0.2, 0) is 0 Å². The van der Waals surface area contributed by atoms with Crippen LogP contribution in [0.5, 0.6) is 0 Å². The molecule has 2 aliphatic rings. The van der Waals surface area contributed by atoms with Crippen molar-refractivity contribution in [3.8, 4) is 0 Å². The van der Waals surface area contributed by atoms with Crippen LogP contribution in [0.2, 0.25) is 0 Å². The fourth-order valence-corrected chi connectivity index (χ4v) is 3.82. The lowest BCUT2D eigenvalue weighted by Crippen LogP contribution is -2.44. The van der Waals surface area contributed by atoms with Crippen LogP contribution in [0.4, 0.5) is 23.1 Å². The molecule has 2 N–H and O–H groups in total. The smallest absolute Gasteiger partial charge is 0.244 e. The van der Waals surface area contributed by atoms with E-state index in [-0.39, 0.29) is 0 Å². The van der Waals surface area contributed by atoms with Gasteiger partial charge in [0.15, 0.2) is 5.82 Å². The maximum atomic E-state index is 4.57. The summed E-state index contributed by atoms with van der Waals surface area (Å²) in [6.45, 7) is 4.39. The highest BCUT2D eigenvalue weighted by Gasteiger charge is 2.15. The molecular formula is C20H29N7. The number of rotatable bonds is 5. The van der Waals surface area contributed by atoms with Gasteiger partial charge in [0.25, 0.3) is 0 Å². The van der Waals surface area contributed by atoms with E-state index >= 15 is 0 Å². The van der Waals surface area contributed by atoms with Gasteiger partial charge in [0, 0.05) is 43.6 Å². The monoisotopic (exact) mass is 367 g/mol. The van der Waals surface area contributed by atoms with E-state index in [4.69, 9.17) is 0 Å². The predicted molar refractivity (Wildman–Crippen MR) is 110 cm³/mol. The largest absolute Gasteiger partial charge is 0.369 e. The molecular weight excluding hydrogens is 338 g/mol. The minimum absolute atomic E-state index is 0.471. The summed E-state index contributed by atoms with van der Waals surface area (Å²) < 4.78 is 0. The summed E-state index contributed by atoms with van der Waals surface area (Å²) in [7, 11) is 2.18. The highest BCUT2D eigenvalue weighted by molar-refractivity contribution is 5.61. The first-order valence-corrected chi connectivity index (χ1v) is 10.0. The van der Waals surface area contributed by atoms with E-state index in [0.717, 1.165) is 37.7 Å². The van der Waals surface area contributed by atoms with Crippen LogP contribution in [0.25, 0.3) is 0 Å². The quantitative estimate of drug-likeness (QED) is 0.841. The first-order chi connectivity index (χ1) is 13.3. The SMILES string of the molecule is CN1CCN(c2ccc(Nc3cnnc(NC4CCCCC4)n3)cc2)CC1. The van der Waals surface area contributed by atoms with Crippen molar-refractivity contribution in [1.82, 2.24) is 20.1 Å². The molecule has 1 aromatic heterocycles. The van der Waals surface area contributed by atoms with Crippen LogP contribution >= 0.6 is 0 Å². The minimum Gasteiger partial charge on any atom is -0.369 e. The second kappa shape index (κ2) is 8.52. The fourth-order valence-electron chi connectivity index (χ4n) is 3.82. The minimum atomic E-state index is 0.471. The van der Waals surface area contributed by atoms with Gasteiger partial charge in [-0.15, -0.1) is 5.10 Å². The molecule has 0 atom stereocenters. The number of likely N-dealkylation sites (N-methyl/N-ethyl adjacent to an activating group) is 1. The Morgan fingerprint density at radius 1 is 0.963 bits per heavy atom. The second-order valence-electron chi connectivity index (χ2n) is 7.61. The zero-order valence-electron chi connectivity index (χ0n) is 16.1. The Morgan fingerprint density at radius 3 is 2.44 bits per heavy atom. The van der Waals surface area contributed by atoms with E-state index in [1.54, 1.807) is 6.20 Å². The maximum absolute atomic E-state index is 4.57. The topological polar surface area (TPSA) is 69.2 Å². The Bertz CT molecular complexity index is 719. The third-order valence-corrected chi connectivity index (χ3v) is 5.51. The van der Waals surface area contributed by atoms with Crippen molar-refractivity contribution in [2.75, 3.05) is 48.8 Å². The summed E-state index contributed by atoms with van der Waals surface area (Å²) in [5, 5.41) is 15.0. The zero-order valence-corrected chi connectivity index (χ0v) is 16.1. The molecule has 1 aliphatic carbocycles. The molecule has 0 bridgehead atoms. The van der Waals surface area contributed by atoms with Crippen LogP contribution < -0.4 is 15.5 Å². The molecule has 2 aromatic rings. The average molecular weight is 368 g/mol. The summed E-state index contributed by atoms with van der Waals surface area (Å²) >= 11 is 0. The second-order valence-corrected chi connectivity index (χ2v) is 7.61. The lowest BCUT2D eigenvalue weighted by Gasteiger charge is -2.34. The van der Waals surface area contributed by atoms with Gasteiger partial charge >= 0.3 is 0 Å². The molecule has 7 heteroatoms.